The maximum Gasteiger partial charge on any atom is 0.257 e. The molecule has 3 aliphatic rings. The van der Waals surface area contributed by atoms with Crippen molar-refractivity contribution in [3.05, 3.63) is 59.7 Å². The van der Waals surface area contributed by atoms with E-state index in [4.69, 9.17) is 0 Å². The largest absolute Gasteiger partial charge is 0.326 e. The highest BCUT2D eigenvalue weighted by Gasteiger charge is 2.52. The Morgan fingerprint density at radius 1 is 1.12 bits per heavy atom. The second-order valence-corrected chi connectivity index (χ2v) is 11.5. The predicted molar refractivity (Wildman–Crippen MR) is 135 cm³/mol. The van der Waals surface area contributed by atoms with E-state index in [0.29, 0.717) is 48.1 Å². The molecule has 0 bridgehead atoms. The second kappa shape index (κ2) is 9.06. The van der Waals surface area contributed by atoms with Crippen LogP contribution in [0, 0.1) is 0 Å². The van der Waals surface area contributed by atoms with Gasteiger partial charge in [0.15, 0.2) is 0 Å². The fourth-order valence-electron chi connectivity index (χ4n) is 4.98. The highest BCUT2D eigenvalue weighted by molar-refractivity contribution is 8.19. The van der Waals surface area contributed by atoms with E-state index in [2.05, 4.69) is 17.4 Å². The number of benzene rings is 2. The number of rotatable bonds is 6. The smallest absolute Gasteiger partial charge is 0.257 e. The summed E-state index contributed by atoms with van der Waals surface area (Å²) < 4.78 is 0.438. The first-order chi connectivity index (χ1) is 16.0. The van der Waals surface area contributed by atoms with Crippen LogP contribution < -0.4 is 10.2 Å². The van der Waals surface area contributed by atoms with E-state index in [9.17, 15) is 14.4 Å². The van der Waals surface area contributed by atoms with Crippen molar-refractivity contribution in [1.29, 1.82) is 0 Å². The van der Waals surface area contributed by atoms with Gasteiger partial charge in [0.05, 0.1) is 15.8 Å². The summed E-state index contributed by atoms with van der Waals surface area (Å²) in [6, 6.07) is 15.4. The van der Waals surface area contributed by atoms with Gasteiger partial charge in [0.2, 0.25) is 11.8 Å². The Hall–Kier alpha value is -2.45. The molecule has 2 aromatic rings. The van der Waals surface area contributed by atoms with E-state index in [-0.39, 0.29) is 17.7 Å². The zero-order valence-electron chi connectivity index (χ0n) is 18.6. The number of anilines is 2. The summed E-state index contributed by atoms with van der Waals surface area (Å²) in [6.45, 7) is 2.38. The molecule has 33 heavy (non-hydrogen) atoms. The van der Waals surface area contributed by atoms with Gasteiger partial charge >= 0.3 is 0 Å². The van der Waals surface area contributed by atoms with E-state index in [1.54, 1.807) is 15.9 Å². The molecule has 2 saturated heterocycles. The van der Waals surface area contributed by atoms with Crippen molar-refractivity contribution in [2.75, 3.05) is 28.3 Å². The number of fused-ring (bicyclic) bond motifs is 3. The van der Waals surface area contributed by atoms with Gasteiger partial charge in [0.25, 0.3) is 5.91 Å². The normalized spacial score (nSPS) is 22.5. The third kappa shape index (κ3) is 4.15. The Balaban J connectivity index is 1.23. The molecule has 0 radical (unpaired) electrons. The number of thioether (sulfide) groups is 2. The fourth-order valence-corrected chi connectivity index (χ4v) is 7.81. The Morgan fingerprint density at radius 3 is 2.73 bits per heavy atom. The quantitative estimate of drug-likeness (QED) is 0.637. The van der Waals surface area contributed by atoms with Crippen LogP contribution in [0.15, 0.2) is 48.5 Å². The molecular weight excluding hydrogens is 454 g/mol. The summed E-state index contributed by atoms with van der Waals surface area (Å²) >= 11 is 3.88. The topological polar surface area (TPSA) is 69.7 Å². The molecular formula is C25H27N3O3S2. The zero-order valence-corrected chi connectivity index (χ0v) is 20.2. The summed E-state index contributed by atoms with van der Waals surface area (Å²) in [5.74, 6) is 2.23. The molecule has 8 heteroatoms. The molecule has 1 atom stereocenters. The third-order valence-corrected chi connectivity index (χ3v) is 9.70. The first-order valence-corrected chi connectivity index (χ1v) is 13.4. The summed E-state index contributed by atoms with van der Waals surface area (Å²) in [5.41, 5.74) is 2.61. The lowest BCUT2D eigenvalue weighted by Gasteiger charge is -2.48. The molecule has 0 spiro atoms. The number of amides is 3. The van der Waals surface area contributed by atoms with Crippen molar-refractivity contribution in [2.45, 2.75) is 42.9 Å². The van der Waals surface area contributed by atoms with Crippen molar-refractivity contribution in [1.82, 2.24) is 4.90 Å². The monoisotopic (exact) mass is 481 g/mol. The lowest BCUT2D eigenvalue weighted by Crippen LogP contribution is -2.62. The fraction of sp³-hybridized carbons (Fsp3) is 0.400. The molecule has 5 rings (SSSR count). The molecule has 2 aromatic carbocycles. The summed E-state index contributed by atoms with van der Waals surface area (Å²) in [6.07, 6.45) is 1.86. The summed E-state index contributed by atoms with van der Waals surface area (Å²) in [5, 5.41) is 3.01. The van der Waals surface area contributed by atoms with Crippen molar-refractivity contribution in [3.63, 3.8) is 0 Å². The number of nitrogens with one attached hydrogen (secondary N) is 1. The Bertz CT molecular complexity index is 1100. The van der Waals surface area contributed by atoms with Crippen LogP contribution in [-0.4, -0.2) is 46.3 Å². The minimum absolute atomic E-state index is 0.0404. The molecule has 0 saturated carbocycles. The van der Waals surface area contributed by atoms with Crippen LogP contribution in [-0.2, 0) is 9.59 Å². The highest BCUT2D eigenvalue weighted by atomic mass is 32.2. The second-order valence-electron chi connectivity index (χ2n) is 8.77. The SMILES string of the molecule is CC12CCC(=O)N1c1ccccc1C(=O)N2CCCC(=O)Nc1cccc(C2SCCS2)c1. The first-order valence-electron chi connectivity index (χ1n) is 11.3. The van der Waals surface area contributed by atoms with Crippen LogP contribution in [0.4, 0.5) is 11.4 Å². The minimum Gasteiger partial charge on any atom is -0.326 e. The maximum atomic E-state index is 13.3. The Kier molecular flexibility index (Phi) is 6.14. The Labute approximate surface area is 202 Å². The molecule has 172 valence electrons. The number of hydrogen-bond donors (Lipinski definition) is 1. The summed E-state index contributed by atoms with van der Waals surface area (Å²) in [4.78, 5) is 42.1. The van der Waals surface area contributed by atoms with Gasteiger partial charge in [0.1, 0.15) is 5.66 Å². The van der Waals surface area contributed by atoms with Crippen LogP contribution in [0.25, 0.3) is 0 Å². The molecule has 6 nitrogen and oxygen atoms in total. The molecule has 0 aliphatic carbocycles. The van der Waals surface area contributed by atoms with E-state index < -0.39 is 5.66 Å². The predicted octanol–water partition coefficient (Wildman–Crippen LogP) is 4.88. The third-order valence-electron chi connectivity index (χ3n) is 6.60. The standard InChI is InChI=1S/C25H27N3O3S2/c1-25-12-11-22(30)28(25)20-9-3-2-8-19(20)23(31)27(25)13-5-10-21(29)26-18-7-4-6-17(16-18)24-32-14-15-33-24/h2-4,6-9,16,24H,5,10-15H2,1H3,(H,26,29). The zero-order chi connectivity index (χ0) is 23.0. The Morgan fingerprint density at radius 2 is 1.91 bits per heavy atom. The molecule has 3 aliphatic heterocycles. The summed E-state index contributed by atoms with van der Waals surface area (Å²) in [7, 11) is 0. The van der Waals surface area contributed by atoms with Gasteiger partial charge in [-0.2, -0.15) is 0 Å². The van der Waals surface area contributed by atoms with Gasteiger partial charge in [-0.1, -0.05) is 24.3 Å². The van der Waals surface area contributed by atoms with E-state index in [1.807, 2.05) is 60.8 Å². The number of carbonyl (C=O) groups is 3. The van der Waals surface area contributed by atoms with Crippen molar-refractivity contribution in [3.8, 4) is 0 Å². The molecule has 3 heterocycles. The number of para-hydroxylation sites is 1. The average Bonchev–Trinajstić information content (AvgIpc) is 3.45. The van der Waals surface area contributed by atoms with E-state index in [1.165, 1.54) is 5.56 Å². The lowest BCUT2D eigenvalue weighted by molar-refractivity contribution is -0.118. The van der Waals surface area contributed by atoms with Crippen LogP contribution in [0.2, 0.25) is 0 Å². The highest BCUT2D eigenvalue weighted by Crippen LogP contribution is 2.46. The van der Waals surface area contributed by atoms with Crippen molar-refractivity contribution >= 4 is 52.6 Å². The molecule has 3 amide bonds. The molecule has 0 aromatic heterocycles. The minimum atomic E-state index is -0.677. The maximum absolute atomic E-state index is 13.3. The lowest BCUT2D eigenvalue weighted by atomic mass is 9.98. The van der Waals surface area contributed by atoms with E-state index in [0.717, 1.165) is 17.2 Å². The van der Waals surface area contributed by atoms with Gasteiger partial charge in [-0.15, -0.1) is 23.5 Å². The first kappa shape index (κ1) is 22.3. The van der Waals surface area contributed by atoms with Gasteiger partial charge in [0, 0.05) is 36.6 Å². The number of nitrogens with zero attached hydrogens (tertiary/aromatic N) is 2. The van der Waals surface area contributed by atoms with E-state index >= 15 is 0 Å². The van der Waals surface area contributed by atoms with Crippen LogP contribution in [0.3, 0.4) is 0 Å². The molecule has 1 unspecified atom stereocenters. The number of hydrogen-bond acceptors (Lipinski definition) is 5. The number of carbonyl (C=O) groups excluding carboxylic acids is 3. The average molecular weight is 482 g/mol. The van der Waals surface area contributed by atoms with Gasteiger partial charge in [-0.05, 0) is 49.6 Å². The van der Waals surface area contributed by atoms with Gasteiger partial charge in [-0.25, -0.2) is 0 Å². The van der Waals surface area contributed by atoms with Gasteiger partial charge < -0.3 is 10.2 Å². The van der Waals surface area contributed by atoms with Crippen LogP contribution >= 0.6 is 23.5 Å². The van der Waals surface area contributed by atoms with Gasteiger partial charge in [-0.3, -0.25) is 19.3 Å². The van der Waals surface area contributed by atoms with Crippen LogP contribution in [0.5, 0.6) is 0 Å². The molecule has 2 fully saturated rings. The van der Waals surface area contributed by atoms with Crippen molar-refractivity contribution < 1.29 is 14.4 Å². The van der Waals surface area contributed by atoms with Crippen molar-refractivity contribution in [2.24, 2.45) is 0 Å². The van der Waals surface area contributed by atoms with Crippen LogP contribution in [0.1, 0.15) is 53.1 Å². The molecule has 1 N–H and O–H groups in total.